The minimum atomic E-state index is 0.920. The van der Waals surface area contributed by atoms with E-state index >= 15 is 0 Å². The molecule has 0 aromatic heterocycles. The molecule has 1 nitrogen and oxygen atoms in total. The minimum Gasteiger partial charge on any atom is -0.313 e. The first-order chi connectivity index (χ1) is 7.93. The zero-order valence-electron chi connectivity index (χ0n) is 10.6. The van der Waals surface area contributed by atoms with Gasteiger partial charge in [-0.15, -0.1) is 0 Å². The van der Waals surface area contributed by atoms with E-state index in [9.17, 15) is 0 Å². The summed E-state index contributed by atoms with van der Waals surface area (Å²) in [6.07, 6.45) is 15.0. The van der Waals surface area contributed by atoms with Crippen LogP contribution in [0, 0.1) is 17.8 Å². The summed E-state index contributed by atoms with van der Waals surface area (Å²) in [7, 11) is 0. The molecular weight excluding hydrogens is 194 g/mol. The van der Waals surface area contributed by atoms with Crippen LogP contribution in [0.25, 0.3) is 0 Å². The highest BCUT2D eigenvalue weighted by Crippen LogP contribution is 2.44. The Kier molecular flexibility index (Phi) is 3.51. The van der Waals surface area contributed by atoms with Gasteiger partial charge in [-0.2, -0.15) is 0 Å². The molecule has 3 rings (SSSR count). The molecule has 3 aliphatic rings. The van der Waals surface area contributed by atoms with Crippen LogP contribution in [0.15, 0.2) is 0 Å². The van der Waals surface area contributed by atoms with Gasteiger partial charge in [0.05, 0.1) is 0 Å². The monoisotopic (exact) mass is 221 g/mol. The molecule has 3 saturated carbocycles. The molecule has 1 heteroatoms. The minimum absolute atomic E-state index is 0.920. The van der Waals surface area contributed by atoms with Gasteiger partial charge in [0.15, 0.2) is 0 Å². The van der Waals surface area contributed by atoms with Crippen LogP contribution < -0.4 is 5.32 Å². The summed E-state index contributed by atoms with van der Waals surface area (Å²) in [6.45, 7) is 1.33. The molecule has 0 bridgehead atoms. The molecule has 16 heavy (non-hydrogen) atoms. The Morgan fingerprint density at radius 2 is 1.31 bits per heavy atom. The number of hydrogen-bond acceptors (Lipinski definition) is 1. The fourth-order valence-electron chi connectivity index (χ4n) is 3.50. The summed E-state index contributed by atoms with van der Waals surface area (Å²) in [5.41, 5.74) is 0. The predicted octanol–water partition coefficient (Wildman–Crippen LogP) is 3.74. The summed E-state index contributed by atoms with van der Waals surface area (Å²) < 4.78 is 0. The molecule has 1 N–H and O–H groups in total. The van der Waals surface area contributed by atoms with E-state index in [4.69, 9.17) is 0 Å². The third-order valence-corrected chi connectivity index (χ3v) is 4.88. The van der Waals surface area contributed by atoms with Crippen LogP contribution in [0.2, 0.25) is 0 Å². The maximum Gasteiger partial charge on any atom is 0.0124 e. The van der Waals surface area contributed by atoms with Crippen molar-refractivity contribution in [2.24, 2.45) is 17.8 Å². The van der Waals surface area contributed by atoms with Gasteiger partial charge < -0.3 is 5.32 Å². The quantitative estimate of drug-likeness (QED) is 0.697. The normalized spacial score (nSPS) is 28.3. The average Bonchev–Trinajstić information content (AvgIpc) is 3.17. The molecule has 92 valence electrons. The van der Waals surface area contributed by atoms with Crippen molar-refractivity contribution in [1.29, 1.82) is 0 Å². The maximum atomic E-state index is 3.94. The molecule has 0 atom stereocenters. The van der Waals surface area contributed by atoms with E-state index in [1.54, 1.807) is 0 Å². The molecule has 0 aromatic rings. The molecule has 0 saturated heterocycles. The summed E-state index contributed by atoms with van der Waals surface area (Å²) in [5.74, 6) is 3.14. The summed E-state index contributed by atoms with van der Waals surface area (Å²) >= 11 is 0. The van der Waals surface area contributed by atoms with E-state index in [2.05, 4.69) is 5.32 Å². The van der Waals surface area contributed by atoms with Gasteiger partial charge in [-0.25, -0.2) is 0 Å². The highest BCUT2D eigenvalue weighted by atomic mass is 14.9. The van der Waals surface area contributed by atoms with Crippen molar-refractivity contribution in [3.05, 3.63) is 0 Å². The first kappa shape index (κ1) is 11.1. The Hall–Kier alpha value is -0.0400. The Balaban J connectivity index is 1.42. The van der Waals surface area contributed by atoms with Gasteiger partial charge in [-0.3, -0.25) is 0 Å². The van der Waals surface area contributed by atoms with Crippen molar-refractivity contribution in [2.45, 2.75) is 70.3 Å². The van der Waals surface area contributed by atoms with Crippen LogP contribution in [0.4, 0.5) is 0 Å². The first-order valence-corrected chi connectivity index (χ1v) is 7.67. The second-order valence-corrected chi connectivity index (χ2v) is 6.47. The van der Waals surface area contributed by atoms with Crippen molar-refractivity contribution >= 4 is 0 Å². The third kappa shape index (κ3) is 3.00. The third-order valence-electron chi connectivity index (χ3n) is 4.88. The number of rotatable bonds is 5. The van der Waals surface area contributed by atoms with Gasteiger partial charge in [0.1, 0.15) is 0 Å². The topological polar surface area (TPSA) is 12.0 Å². The molecule has 3 aliphatic carbocycles. The van der Waals surface area contributed by atoms with E-state index in [0.717, 1.165) is 23.8 Å². The molecule has 0 heterocycles. The first-order valence-electron chi connectivity index (χ1n) is 7.67. The molecule has 0 spiro atoms. The lowest BCUT2D eigenvalue weighted by atomic mass is 9.99. The van der Waals surface area contributed by atoms with Gasteiger partial charge in [0, 0.05) is 6.04 Å². The zero-order valence-corrected chi connectivity index (χ0v) is 10.6. The SMILES string of the molecule is C1CCCC(CNC(C2CC2)C2CC2)CC1. The van der Waals surface area contributed by atoms with Crippen molar-refractivity contribution in [3.8, 4) is 0 Å². The summed E-state index contributed by atoms with van der Waals surface area (Å²) in [4.78, 5) is 0. The molecule has 0 unspecified atom stereocenters. The lowest BCUT2D eigenvalue weighted by Crippen LogP contribution is -2.36. The molecule has 0 aliphatic heterocycles. The van der Waals surface area contributed by atoms with Crippen LogP contribution >= 0.6 is 0 Å². The van der Waals surface area contributed by atoms with E-state index < -0.39 is 0 Å². The summed E-state index contributed by atoms with van der Waals surface area (Å²) in [5, 5.41) is 3.94. The summed E-state index contributed by atoms with van der Waals surface area (Å²) in [6, 6.07) is 0.920. The van der Waals surface area contributed by atoms with Crippen LogP contribution in [0.1, 0.15) is 64.2 Å². The highest BCUT2D eigenvalue weighted by Gasteiger charge is 2.41. The molecule has 0 aromatic carbocycles. The zero-order chi connectivity index (χ0) is 10.8. The van der Waals surface area contributed by atoms with E-state index in [1.807, 2.05) is 0 Å². The van der Waals surface area contributed by atoms with E-state index in [0.29, 0.717) is 0 Å². The largest absolute Gasteiger partial charge is 0.313 e. The fourth-order valence-corrected chi connectivity index (χ4v) is 3.50. The van der Waals surface area contributed by atoms with Crippen LogP contribution in [0.3, 0.4) is 0 Å². The standard InChI is InChI=1S/C15H27N/c1-2-4-6-12(5-3-1)11-16-15(13-7-8-13)14-9-10-14/h12-16H,1-11H2. The maximum absolute atomic E-state index is 3.94. The van der Waals surface area contributed by atoms with Gasteiger partial charge in [0.25, 0.3) is 0 Å². The van der Waals surface area contributed by atoms with Gasteiger partial charge in [-0.05, 0) is 62.8 Å². The Bertz CT molecular complexity index is 197. The fraction of sp³-hybridized carbons (Fsp3) is 1.00. The smallest absolute Gasteiger partial charge is 0.0124 e. The number of nitrogens with one attached hydrogen (secondary N) is 1. The second kappa shape index (κ2) is 5.08. The highest BCUT2D eigenvalue weighted by molar-refractivity contribution is 4.96. The molecule has 0 amide bonds. The van der Waals surface area contributed by atoms with Crippen molar-refractivity contribution in [1.82, 2.24) is 5.32 Å². The van der Waals surface area contributed by atoms with E-state index in [1.165, 1.54) is 70.8 Å². The lowest BCUT2D eigenvalue weighted by molar-refractivity contribution is 0.351. The van der Waals surface area contributed by atoms with E-state index in [-0.39, 0.29) is 0 Å². The van der Waals surface area contributed by atoms with Gasteiger partial charge in [-0.1, -0.05) is 25.7 Å². The van der Waals surface area contributed by atoms with Crippen molar-refractivity contribution in [3.63, 3.8) is 0 Å². The molecular formula is C15H27N. The van der Waals surface area contributed by atoms with Gasteiger partial charge >= 0.3 is 0 Å². The Morgan fingerprint density at radius 3 is 1.81 bits per heavy atom. The van der Waals surface area contributed by atoms with Crippen LogP contribution in [-0.4, -0.2) is 12.6 Å². The predicted molar refractivity (Wildman–Crippen MR) is 68.4 cm³/mol. The molecule has 0 radical (unpaired) electrons. The van der Waals surface area contributed by atoms with Gasteiger partial charge in [0.2, 0.25) is 0 Å². The van der Waals surface area contributed by atoms with Crippen LogP contribution in [0.5, 0.6) is 0 Å². The Labute approximate surface area is 100 Å². The Morgan fingerprint density at radius 1 is 0.750 bits per heavy atom. The second-order valence-electron chi connectivity index (χ2n) is 6.47. The average molecular weight is 221 g/mol. The van der Waals surface area contributed by atoms with Crippen LogP contribution in [-0.2, 0) is 0 Å². The lowest BCUT2D eigenvalue weighted by Gasteiger charge is -2.22. The van der Waals surface area contributed by atoms with Crippen molar-refractivity contribution < 1.29 is 0 Å². The van der Waals surface area contributed by atoms with Crippen molar-refractivity contribution in [2.75, 3.05) is 6.54 Å². The molecule has 3 fully saturated rings. The number of hydrogen-bond donors (Lipinski definition) is 1.